The lowest BCUT2D eigenvalue weighted by atomic mass is 10.1. The largest absolute Gasteiger partial charge is 0.357 e. The monoisotopic (exact) mass is 490 g/mol. The van der Waals surface area contributed by atoms with Crippen LogP contribution in [0.3, 0.4) is 0 Å². The maximum Gasteiger partial charge on any atom is 0.191 e. The highest BCUT2D eigenvalue weighted by atomic mass is 127. The average molecular weight is 490 g/mol. The molecule has 7 heteroatoms. The summed E-state index contributed by atoms with van der Waals surface area (Å²) in [6, 6.07) is 10.5. The Labute approximate surface area is 183 Å². The van der Waals surface area contributed by atoms with Gasteiger partial charge in [-0.3, -0.25) is 4.57 Å². The van der Waals surface area contributed by atoms with Crippen molar-refractivity contribution in [1.29, 1.82) is 0 Å². The van der Waals surface area contributed by atoms with Crippen LogP contribution in [0.5, 0.6) is 0 Å². The highest BCUT2D eigenvalue weighted by Gasteiger charge is 2.03. The predicted octanol–water partition coefficient (Wildman–Crippen LogP) is 3.76. The number of hydrogen-bond donors (Lipinski definition) is 2. The Morgan fingerprint density at radius 3 is 2.68 bits per heavy atom. The van der Waals surface area contributed by atoms with Crippen molar-refractivity contribution in [3.8, 4) is 5.82 Å². The number of imidazole rings is 1. The van der Waals surface area contributed by atoms with Gasteiger partial charge < -0.3 is 10.6 Å². The molecule has 0 radical (unpaired) electrons. The van der Waals surface area contributed by atoms with Crippen LogP contribution < -0.4 is 10.6 Å². The number of halogens is 1. The van der Waals surface area contributed by atoms with Crippen molar-refractivity contribution >= 4 is 29.9 Å². The van der Waals surface area contributed by atoms with Crippen LogP contribution in [0.2, 0.25) is 0 Å². The molecule has 148 valence electrons. The summed E-state index contributed by atoms with van der Waals surface area (Å²) in [5.41, 5.74) is 4.94. The Morgan fingerprint density at radius 1 is 1.11 bits per heavy atom. The van der Waals surface area contributed by atoms with Gasteiger partial charge in [0.15, 0.2) is 5.96 Å². The molecule has 0 amide bonds. The maximum absolute atomic E-state index is 4.71. The molecule has 0 fully saturated rings. The van der Waals surface area contributed by atoms with Gasteiger partial charge in [0.1, 0.15) is 12.1 Å². The van der Waals surface area contributed by atoms with Crippen LogP contribution in [0.1, 0.15) is 29.2 Å². The fraction of sp³-hybridized carbons (Fsp3) is 0.286. The first-order valence-electron chi connectivity index (χ1n) is 9.17. The smallest absolute Gasteiger partial charge is 0.191 e. The Morgan fingerprint density at radius 2 is 1.96 bits per heavy atom. The van der Waals surface area contributed by atoms with Gasteiger partial charge in [-0.05, 0) is 49.6 Å². The van der Waals surface area contributed by atoms with Crippen molar-refractivity contribution in [1.82, 2.24) is 25.2 Å². The molecular formula is C21H27IN6. The molecule has 3 aromatic rings. The Bertz CT molecular complexity index is 905. The highest BCUT2D eigenvalue weighted by Crippen LogP contribution is 2.10. The van der Waals surface area contributed by atoms with E-state index in [2.05, 4.69) is 59.6 Å². The fourth-order valence-electron chi connectivity index (χ4n) is 2.83. The fourth-order valence-corrected chi connectivity index (χ4v) is 2.83. The molecule has 3 rings (SSSR count). The first-order valence-corrected chi connectivity index (χ1v) is 9.17. The van der Waals surface area contributed by atoms with Gasteiger partial charge in [-0.25, -0.2) is 15.0 Å². The van der Waals surface area contributed by atoms with Crippen molar-refractivity contribution in [3.05, 3.63) is 77.5 Å². The van der Waals surface area contributed by atoms with Crippen LogP contribution in [0.15, 0.2) is 60.2 Å². The van der Waals surface area contributed by atoms with Crippen molar-refractivity contribution in [2.75, 3.05) is 6.54 Å². The van der Waals surface area contributed by atoms with E-state index in [0.717, 1.165) is 30.4 Å². The molecule has 0 spiro atoms. The molecule has 0 aliphatic heterocycles. The minimum absolute atomic E-state index is 0. The first kappa shape index (κ1) is 21.9. The molecular weight excluding hydrogens is 463 g/mol. The van der Waals surface area contributed by atoms with Crippen LogP contribution in [-0.2, 0) is 13.1 Å². The molecule has 0 aliphatic rings. The Balaban J connectivity index is 0.00000280. The number of benzene rings is 1. The van der Waals surface area contributed by atoms with Crippen LogP contribution in [-0.4, -0.2) is 27.0 Å². The molecule has 2 aromatic heterocycles. The number of nitrogens with one attached hydrogen (secondary N) is 2. The van der Waals surface area contributed by atoms with Crippen molar-refractivity contribution in [3.63, 3.8) is 0 Å². The first-order chi connectivity index (χ1) is 13.2. The molecule has 0 unspecified atom stereocenters. The van der Waals surface area contributed by atoms with Crippen LogP contribution >= 0.6 is 24.0 Å². The number of nitrogens with zero attached hydrogens (tertiary/aromatic N) is 4. The van der Waals surface area contributed by atoms with Crippen molar-refractivity contribution in [2.45, 2.75) is 33.9 Å². The Hall–Kier alpha value is -2.42. The Kier molecular flexibility index (Phi) is 8.43. The molecule has 0 bridgehead atoms. The normalized spacial score (nSPS) is 11.0. The third-order valence-corrected chi connectivity index (χ3v) is 4.29. The highest BCUT2D eigenvalue weighted by molar-refractivity contribution is 14.0. The number of rotatable bonds is 6. The van der Waals surface area contributed by atoms with Gasteiger partial charge in [0, 0.05) is 31.7 Å². The van der Waals surface area contributed by atoms with Gasteiger partial charge in [-0.1, -0.05) is 23.8 Å². The molecule has 28 heavy (non-hydrogen) atoms. The number of aryl methyl sites for hydroxylation is 2. The molecule has 0 saturated carbocycles. The standard InChI is InChI=1S/C21H26N6.HI/c1-4-23-21(26-14-19-6-5-16(2)11-17(19)3)25-13-18-7-8-24-20(12-18)27-10-9-22-15-27;/h5-12,15H,4,13-14H2,1-3H3,(H2,23,25,26);1H. The number of aromatic nitrogens is 3. The number of hydrogen-bond acceptors (Lipinski definition) is 3. The zero-order chi connectivity index (χ0) is 19.1. The van der Waals surface area contributed by atoms with Gasteiger partial charge in [-0.2, -0.15) is 0 Å². The second-order valence-corrected chi connectivity index (χ2v) is 6.47. The molecule has 6 nitrogen and oxygen atoms in total. The number of pyridine rings is 1. The second kappa shape index (κ2) is 10.8. The van der Waals surface area contributed by atoms with E-state index >= 15 is 0 Å². The molecule has 1 aromatic carbocycles. The summed E-state index contributed by atoms with van der Waals surface area (Å²) in [5.74, 6) is 1.65. The summed E-state index contributed by atoms with van der Waals surface area (Å²) in [7, 11) is 0. The molecule has 2 N–H and O–H groups in total. The quantitative estimate of drug-likeness (QED) is 0.314. The predicted molar refractivity (Wildman–Crippen MR) is 124 cm³/mol. The van der Waals surface area contributed by atoms with E-state index in [-0.39, 0.29) is 24.0 Å². The van der Waals surface area contributed by atoms with Gasteiger partial charge in [0.2, 0.25) is 0 Å². The van der Waals surface area contributed by atoms with Gasteiger partial charge >= 0.3 is 0 Å². The minimum atomic E-state index is 0. The van der Waals surface area contributed by atoms with E-state index in [0.29, 0.717) is 6.54 Å². The third-order valence-electron chi connectivity index (χ3n) is 4.29. The van der Waals surface area contributed by atoms with Crippen LogP contribution in [0.25, 0.3) is 5.82 Å². The molecule has 0 atom stereocenters. The SMILES string of the molecule is CCNC(=NCc1ccnc(-n2ccnc2)c1)NCc1ccc(C)cc1C.I. The summed E-state index contributed by atoms with van der Waals surface area (Å²) in [4.78, 5) is 13.2. The lowest BCUT2D eigenvalue weighted by molar-refractivity contribution is 0.812. The molecule has 0 saturated heterocycles. The molecule has 2 heterocycles. The van der Waals surface area contributed by atoms with Gasteiger partial charge in [0.05, 0.1) is 6.54 Å². The van der Waals surface area contributed by atoms with E-state index in [9.17, 15) is 0 Å². The lowest BCUT2D eigenvalue weighted by Crippen LogP contribution is -2.36. The van der Waals surface area contributed by atoms with E-state index in [1.165, 1.54) is 16.7 Å². The van der Waals surface area contributed by atoms with E-state index < -0.39 is 0 Å². The van der Waals surface area contributed by atoms with Crippen molar-refractivity contribution < 1.29 is 0 Å². The second-order valence-electron chi connectivity index (χ2n) is 6.47. The minimum Gasteiger partial charge on any atom is -0.357 e. The molecule has 0 aliphatic carbocycles. The lowest BCUT2D eigenvalue weighted by Gasteiger charge is -2.13. The summed E-state index contributed by atoms with van der Waals surface area (Å²) in [6.07, 6.45) is 7.17. The average Bonchev–Trinajstić information content (AvgIpc) is 3.20. The zero-order valence-electron chi connectivity index (χ0n) is 16.5. The van der Waals surface area contributed by atoms with E-state index in [4.69, 9.17) is 4.99 Å². The van der Waals surface area contributed by atoms with Crippen molar-refractivity contribution in [2.24, 2.45) is 4.99 Å². The van der Waals surface area contributed by atoms with Crippen LogP contribution in [0, 0.1) is 13.8 Å². The van der Waals surface area contributed by atoms with Gasteiger partial charge in [0.25, 0.3) is 0 Å². The third kappa shape index (κ3) is 6.05. The summed E-state index contributed by atoms with van der Waals surface area (Å²) < 4.78 is 1.89. The number of guanidine groups is 1. The topological polar surface area (TPSA) is 67.1 Å². The van der Waals surface area contributed by atoms with E-state index in [1.54, 1.807) is 18.7 Å². The van der Waals surface area contributed by atoms with E-state index in [1.807, 2.05) is 22.9 Å². The number of aliphatic imine (C=N–C) groups is 1. The van der Waals surface area contributed by atoms with Crippen LogP contribution in [0.4, 0.5) is 0 Å². The van der Waals surface area contributed by atoms with Gasteiger partial charge in [-0.15, -0.1) is 24.0 Å². The zero-order valence-corrected chi connectivity index (χ0v) is 18.8. The summed E-state index contributed by atoms with van der Waals surface area (Å²) >= 11 is 0. The maximum atomic E-state index is 4.71. The summed E-state index contributed by atoms with van der Waals surface area (Å²) in [6.45, 7) is 8.46. The summed E-state index contributed by atoms with van der Waals surface area (Å²) in [5, 5.41) is 6.72.